The molecule has 1 heterocycles. The van der Waals surface area contributed by atoms with Crippen molar-refractivity contribution in [1.82, 2.24) is 10.1 Å². The third-order valence-corrected chi connectivity index (χ3v) is 3.82. The van der Waals surface area contributed by atoms with E-state index < -0.39 is 20.6 Å². The number of primary sulfonamides is 1. The summed E-state index contributed by atoms with van der Waals surface area (Å²) in [6.07, 6.45) is 0.632. The molecular formula is C13H16N4O6S. The second-order valence-electron chi connectivity index (χ2n) is 5.42. The van der Waals surface area contributed by atoms with Gasteiger partial charge in [0.15, 0.2) is 18.2 Å². The smallest absolute Gasteiger partial charge is 0.312 e. The van der Waals surface area contributed by atoms with Crippen LogP contribution in [0.5, 0.6) is 5.75 Å². The summed E-state index contributed by atoms with van der Waals surface area (Å²) >= 11 is 0. The topological polar surface area (TPSA) is 151 Å². The van der Waals surface area contributed by atoms with Gasteiger partial charge in [0, 0.05) is 12.5 Å². The number of nitrogens with zero attached hydrogens (tertiary/aromatic N) is 3. The average Bonchev–Trinajstić information content (AvgIpc) is 2.90. The van der Waals surface area contributed by atoms with Crippen molar-refractivity contribution in [1.29, 1.82) is 0 Å². The lowest BCUT2D eigenvalue weighted by atomic mass is 10.1. The van der Waals surface area contributed by atoms with Crippen molar-refractivity contribution in [3.05, 3.63) is 40.0 Å². The minimum atomic E-state index is -4.05. The van der Waals surface area contributed by atoms with Crippen molar-refractivity contribution in [3.8, 4) is 5.75 Å². The Bertz CT molecular complexity index is 846. The van der Waals surface area contributed by atoms with E-state index in [0.29, 0.717) is 18.2 Å². The molecule has 10 nitrogen and oxygen atoms in total. The van der Waals surface area contributed by atoms with Gasteiger partial charge in [-0.15, -0.1) is 0 Å². The second kappa shape index (κ2) is 6.93. The molecule has 1 aromatic carbocycles. The summed E-state index contributed by atoms with van der Waals surface area (Å²) in [5.41, 5.74) is -0.525. The Labute approximate surface area is 137 Å². The van der Waals surface area contributed by atoms with Crippen LogP contribution in [0.3, 0.4) is 0 Å². The fraction of sp³-hybridized carbons (Fsp3) is 0.385. The molecule has 0 aliphatic rings. The minimum absolute atomic E-state index is 0.129. The van der Waals surface area contributed by atoms with Crippen LogP contribution in [0.25, 0.3) is 0 Å². The quantitative estimate of drug-likeness (QED) is 0.577. The largest absolute Gasteiger partial charge is 0.477 e. The summed E-state index contributed by atoms with van der Waals surface area (Å²) in [7, 11) is -4.05. The van der Waals surface area contributed by atoms with Crippen molar-refractivity contribution in [2.45, 2.75) is 31.8 Å². The first-order valence-corrected chi connectivity index (χ1v) is 8.47. The predicted octanol–water partition coefficient (Wildman–Crippen LogP) is 1.40. The van der Waals surface area contributed by atoms with Gasteiger partial charge in [-0.25, -0.2) is 13.6 Å². The van der Waals surface area contributed by atoms with Crippen LogP contribution < -0.4 is 9.88 Å². The number of aromatic nitrogens is 2. The van der Waals surface area contributed by atoms with Crippen molar-refractivity contribution >= 4 is 15.7 Å². The molecule has 2 aromatic rings. The Morgan fingerprint density at radius 3 is 2.71 bits per heavy atom. The molecule has 0 aliphatic carbocycles. The molecule has 130 valence electrons. The van der Waals surface area contributed by atoms with Gasteiger partial charge in [0.2, 0.25) is 10.0 Å². The van der Waals surface area contributed by atoms with Gasteiger partial charge in [-0.05, 0) is 18.1 Å². The Balaban J connectivity index is 2.17. The molecule has 0 saturated carbocycles. The fourth-order valence-corrected chi connectivity index (χ4v) is 2.41. The molecule has 2 rings (SSSR count). The van der Waals surface area contributed by atoms with Crippen molar-refractivity contribution in [2.24, 2.45) is 11.1 Å². The molecule has 0 bridgehead atoms. The van der Waals surface area contributed by atoms with E-state index in [4.69, 9.17) is 14.4 Å². The molecule has 0 fully saturated rings. The standard InChI is InChI=1S/C13H16N4O6S/c1-8(2)5-12-15-13(23-16-12)7-22-11-4-3-9(24(14,20)21)6-10(11)17(18)19/h3-4,6,8H,5,7H2,1-2H3,(H2,14,20,21). The van der Waals surface area contributed by atoms with Crippen molar-refractivity contribution in [3.63, 3.8) is 0 Å². The predicted molar refractivity (Wildman–Crippen MR) is 81.6 cm³/mol. The zero-order chi connectivity index (χ0) is 17.9. The van der Waals surface area contributed by atoms with Crippen molar-refractivity contribution in [2.75, 3.05) is 0 Å². The highest BCUT2D eigenvalue weighted by Gasteiger charge is 2.21. The van der Waals surface area contributed by atoms with Crippen LogP contribution in [-0.2, 0) is 23.1 Å². The minimum Gasteiger partial charge on any atom is -0.477 e. The number of sulfonamides is 1. The summed E-state index contributed by atoms with van der Waals surface area (Å²) < 4.78 is 32.8. The average molecular weight is 356 g/mol. The molecule has 0 amide bonds. The molecule has 24 heavy (non-hydrogen) atoms. The lowest BCUT2D eigenvalue weighted by molar-refractivity contribution is -0.386. The van der Waals surface area contributed by atoms with Crippen LogP contribution in [0.4, 0.5) is 5.69 Å². The number of hydrogen-bond acceptors (Lipinski definition) is 8. The fourth-order valence-electron chi connectivity index (χ4n) is 1.88. The van der Waals surface area contributed by atoms with E-state index in [2.05, 4.69) is 10.1 Å². The highest BCUT2D eigenvalue weighted by molar-refractivity contribution is 7.89. The van der Waals surface area contributed by atoms with E-state index in [-0.39, 0.29) is 23.1 Å². The van der Waals surface area contributed by atoms with Crippen LogP contribution in [0.15, 0.2) is 27.6 Å². The van der Waals surface area contributed by atoms with Gasteiger partial charge in [0.05, 0.1) is 9.82 Å². The third-order valence-electron chi connectivity index (χ3n) is 2.91. The Morgan fingerprint density at radius 1 is 1.42 bits per heavy atom. The first kappa shape index (κ1) is 17.8. The van der Waals surface area contributed by atoms with Gasteiger partial charge in [-0.2, -0.15) is 4.98 Å². The van der Waals surface area contributed by atoms with E-state index >= 15 is 0 Å². The molecule has 0 atom stereocenters. The SMILES string of the molecule is CC(C)Cc1noc(COc2ccc(S(N)(=O)=O)cc2[N+](=O)[O-])n1. The lowest BCUT2D eigenvalue weighted by Gasteiger charge is -2.05. The number of nitro benzene ring substituents is 1. The number of rotatable bonds is 7. The number of benzene rings is 1. The van der Waals surface area contributed by atoms with Crippen LogP contribution in [0.2, 0.25) is 0 Å². The van der Waals surface area contributed by atoms with Gasteiger partial charge in [-0.3, -0.25) is 10.1 Å². The normalized spacial score (nSPS) is 11.7. The molecule has 11 heteroatoms. The summed E-state index contributed by atoms with van der Waals surface area (Å²) in [4.78, 5) is 14.0. The first-order valence-electron chi connectivity index (χ1n) is 6.92. The summed E-state index contributed by atoms with van der Waals surface area (Å²) in [6, 6.07) is 3.11. The highest BCUT2D eigenvalue weighted by Crippen LogP contribution is 2.29. The van der Waals surface area contributed by atoms with Gasteiger partial charge in [-0.1, -0.05) is 19.0 Å². The molecule has 0 aliphatic heterocycles. The second-order valence-corrected chi connectivity index (χ2v) is 6.98. The molecule has 2 N–H and O–H groups in total. The first-order chi connectivity index (χ1) is 11.2. The van der Waals surface area contributed by atoms with E-state index in [9.17, 15) is 18.5 Å². The number of hydrogen-bond donors (Lipinski definition) is 1. The molecule has 0 saturated heterocycles. The van der Waals surface area contributed by atoms with Gasteiger partial charge >= 0.3 is 5.69 Å². The van der Waals surface area contributed by atoms with Crippen LogP contribution in [0, 0.1) is 16.0 Å². The third kappa shape index (κ3) is 4.49. The van der Waals surface area contributed by atoms with Crippen LogP contribution in [-0.4, -0.2) is 23.5 Å². The van der Waals surface area contributed by atoms with E-state index in [1.165, 1.54) is 0 Å². The van der Waals surface area contributed by atoms with Gasteiger partial charge in [0.1, 0.15) is 0 Å². The zero-order valence-corrected chi connectivity index (χ0v) is 13.8. The maximum Gasteiger partial charge on any atom is 0.312 e. The molecule has 1 aromatic heterocycles. The highest BCUT2D eigenvalue weighted by atomic mass is 32.2. The molecule has 0 radical (unpaired) electrons. The maximum absolute atomic E-state index is 11.3. The Morgan fingerprint density at radius 2 is 2.12 bits per heavy atom. The Kier molecular flexibility index (Phi) is 5.14. The zero-order valence-electron chi connectivity index (χ0n) is 13.0. The van der Waals surface area contributed by atoms with Crippen LogP contribution in [0.1, 0.15) is 25.6 Å². The summed E-state index contributed by atoms with van der Waals surface area (Å²) in [5.74, 6) is 0.900. The summed E-state index contributed by atoms with van der Waals surface area (Å²) in [6.45, 7) is 3.83. The van der Waals surface area contributed by atoms with E-state index in [1.807, 2.05) is 13.8 Å². The maximum atomic E-state index is 11.3. The van der Waals surface area contributed by atoms with Crippen molar-refractivity contribution < 1.29 is 22.6 Å². The number of nitro groups is 1. The summed E-state index contributed by atoms with van der Waals surface area (Å²) in [5, 5.41) is 19.8. The Hall–Kier alpha value is -2.53. The molecule has 0 unspecified atom stereocenters. The van der Waals surface area contributed by atoms with Crippen LogP contribution >= 0.6 is 0 Å². The van der Waals surface area contributed by atoms with Gasteiger partial charge < -0.3 is 9.26 Å². The molecule has 0 spiro atoms. The van der Waals surface area contributed by atoms with E-state index in [1.54, 1.807) is 0 Å². The lowest BCUT2D eigenvalue weighted by Crippen LogP contribution is -2.12. The molecular weight excluding hydrogens is 340 g/mol. The monoisotopic (exact) mass is 356 g/mol. The number of ether oxygens (including phenoxy) is 1. The van der Waals surface area contributed by atoms with Gasteiger partial charge in [0.25, 0.3) is 5.89 Å². The number of nitrogens with two attached hydrogens (primary N) is 1. The van der Waals surface area contributed by atoms with E-state index in [0.717, 1.165) is 18.2 Å².